The lowest BCUT2D eigenvalue weighted by Gasteiger charge is -2.14. The van der Waals surface area contributed by atoms with Gasteiger partial charge in [0.25, 0.3) is 0 Å². The molecule has 0 aromatic heterocycles. The molecule has 21 heavy (non-hydrogen) atoms. The van der Waals surface area contributed by atoms with Crippen molar-refractivity contribution >= 4 is 33.7 Å². The standard InChI is InChI=1S/C15H10ClNO3S/c16-12-5-3-4-11(10-12)8-9-14-13-6-1-2-7-15(13)20-21(18,19)17-14/h1-10H/b9-8+. The Morgan fingerprint density at radius 2 is 1.86 bits per heavy atom. The van der Waals surface area contributed by atoms with Gasteiger partial charge < -0.3 is 4.18 Å². The van der Waals surface area contributed by atoms with Crippen molar-refractivity contribution in [3.05, 3.63) is 70.8 Å². The summed E-state index contributed by atoms with van der Waals surface area (Å²) in [6.45, 7) is 0. The minimum absolute atomic E-state index is 0.276. The van der Waals surface area contributed by atoms with Gasteiger partial charge in [0, 0.05) is 10.6 Å². The van der Waals surface area contributed by atoms with Crippen LogP contribution in [0.15, 0.2) is 59.0 Å². The van der Waals surface area contributed by atoms with Crippen LogP contribution in [0.25, 0.3) is 6.08 Å². The van der Waals surface area contributed by atoms with Crippen molar-refractivity contribution in [2.45, 2.75) is 0 Å². The topological polar surface area (TPSA) is 55.7 Å². The zero-order valence-electron chi connectivity index (χ0n) is 10.7. The Hall–Kier alpha value is -2.11. The summed E-state index contributed by atoms with van der Waals surface area (Å²) in [7, 11) is -3.95. The molecular formula is C15H10ClNO3S. The first kappa shape index (κ1) is 13.9. The molecule has 1 aliphatic heterocycles. The maximum atomic E-state index is 11.6. The fraction of sp³-hybridized carbons (Fsp3) is 0. The monoisotopic (exact) mass is 319 g/mol. The normalized spacial score (nSPS) is 16.1. The van der Waals surface area contributed by atoms with Gasteiger partial charge in [-0.25, -0.2) is 0 Å². The summed E-state index contributed by atoms with van der Waals surface area (Å²) < 4.78 is 31.7. The van der Waals surface area contributed by atoms with Gasteiger partial charge in [-0.05, 0) is 35.9 Å². The number of hydrogen-bond donors (Lipinski definition) is 0. The molecule has 0 spiro atoms. The van der Waals surface area contributed by atoms with Gasteiger partial charge in [0.15, 0.2) is 5.75 Å². The van der Waals surface area contributed by atoms with E-state index in [1.807, 2.05) is 12.1 Å². The van der Waals surface area contributed by atoms with Gasteiger partial charge in [-0.2, -0.15) is 8.42 Å². The van der Waals surface area contributed by atoms with Crippen LogP contribution < -0.4 is 4.18 Å². The molecule has 0 atom stereocenters. The van der Waals surface area contributed by atoms with Gasteiger partial charge in [0.05, 0.1) is 5.71 Å². The van der Waals surface area contributed by atoms with Crippen molar-refractivity contribution in [2.75, 3.05) is 0 Å². The number of halogens is 1. The molecule has 0 fully saturated rings. The molecule has 0 N–H and O–H groups in total. The number of benzene rings is 2. The minimum atomic E-state index is -3.95. The van der Waals surface area contributed by atoms with Crippen LogP contribution in [0.2, 0.25) is 5.02 Å². The predicted molar refractivity (Wildman–Crippen MR) is 83.0 cm³/mol. The van der Waals surface area contributed by atoms with E-state index in [1.165, 1.54) is 0 Å². The van der Waals surface area contributed by atoms with E-state index >= 15 is 0 Å². The molecule has 0 aliphatic carbocycles. The first-order valence-electron chi connectivity index (χ1n) is 6.11. The second kappa shape index (κ2) is 5.35. The lowest BCUT2D eigenvalue weighted by molar-refractivity contribution is 0.485. The number of allylic oxidation sites excluding steroid dienone is 1. The van der Waals surface area contributed by atoms with Gasteiger partial charge >= 0.3 is 10.3 Å². The Bertz CT molecular complexity index is 857. The van der Waals surface area contributed by atoms with E-state index in [2.05, 4.69) is 4.40 Å². The summed E-state index contributed by atoms with van der Waals surface area (Å²) in [5.74, 6) is 0.276. The molecule has 0 unspecified atom stereocenters. The molecule has 0 amide bonds. The van der Waals surface area contributed by atoms with Crippen LogP contribution in [-0.2, 0) is 10.3 Å². The summed E-state index contributed by atoms with van der Waals surface area (Å²) in [5.41, 5.74) is 1.81. The highest BCUT2D eigenvalue weighted by atomic mass is 35.5. The van der Waals surface area contributed by atoms with Gasteiger partial charge in [-0.3, -0.25) is 0 Å². The average Bonchev–Trinajstić information content (AvgIpc) is 2.44. The molecule has 106 valence electrons. The highest BCUT2D eigenvalue weighted by Crippen LogP contribution is 2.26. The van der Waals surface area contributed by atoms with Crippen molar-refractivity contribution < 1.29 is 12.6 Å². The van der Waals surface area contributed by atoms with E-state index < -0.39 is 10.3 Å². The van der Waals surface area contributed by atoms with Crippen LogP contribution in [0, 0.1) is 0 Å². The average molecular weight is 320 g/mol. The lowest BCUT2D eigenvalue weighted by Crippen LogP contribution is -2.17. The number of para-hydroxylation sites is 1. The van der Waals surface area contributed by atoms with Crippen molar-refractivity contribution in [1.29, 1.82) is 0 Å². The molecule has 0 bridgehead atoms. The minimum Gasteiger partial charge on any atom is -0.365 e. The highest BCUT2D eigenvalue weighted by molar-refractivity contribution is 7.86. The molecule has 2 aromatic carbocycles. The number of hydrogen-bond acceptors (Lipinski definition) is 3. The molecule has 1 aliphatic rings. The maximum Gasteiger partial charge on any atom is 0.429 e. The molecule has 2 aromatic rings. The van der Waals surface area contributed by atoms with Crippen molar-refractivity contribution in [3.63, 3.8) is 0 Å². The molecular weight excluding hydrogens is 310 g/mol. The fourth-order valence-corrected chi connectivity index (χ4v) is 2.97. The zero-order valence-corrected chi connectivity index (χ0v) is 12.3. The van der Waals surface area contributed by atoms with Gasteiger partial charge in [-0.1, -0.05) is 41.9 Å². The van der Waals surface area contributed by atoms with E-state index in [0.717, 1.165) is 5.56 Å². The van der Waals surface area contributed by atoms with E-state index in [-0.39, 0.29) is 5.75 Å². The summed E-state index contributed by atoms with van der Waals surface area (Å²) >= 11 is 5.91. The molecule has 0 saturated carbocycles. The van der Waals surface area contributed by atoms with E-state index in [4.69, 9.17) is 15.8 Å². The molecule has 3 rings (SSSR count). The van der Waals surface area contributed by atoms with Crippen molar-refractivity contribution in [2.24, 2.45) is 4.40 Å². The number of rotatable bonds is 2. The second-order valence-electron chi connectivity index (χ2n) is 4.37. The van der Waals surface area contributed by atoms with Crippen LogP contribution in [0.1, 0.15) is 11.1 Å². The third-order valence-corrected chi connectivity index (χ3v) is 3.90. The first-order chi connectivity index (χ1) is 10.0. The van der Waals surface area contributed by atoms with Crippen LogP contribution in [0.3, 0.4) is 0 Å². The molecule has 0 saturated heterocycles. The Morgan fingerprint density at radius 3 is 2.67 bits per heavy atom. The summed E-state index contributed by atoms with van der Waals surface area (Å²) in [4.78, 5) is 0. The quantitative estimate of drug-likeness (QED) is 0.851. The Kier molecular flexibility index (Phi) is 3.53. The summed E-state index contributed by atoms with van der Waals surface area (Å²) in [6.07, 6.45) is 3.38. The largest absolute Gasteiger partial charge is 0.429 e. The third kappa shape index (κ3) is 3.15. The molecule has 1 heterocycles. The first-order valence-corrected chi connectivity index (χ1v) is 7.85. The van der Waals surface area contributed by atoms with Gasteiger partial charge in [0.1, 0.15) is 0 Å². The summed E-state index contributed by atoms with van der Waals surface area (Å²) in [6, 6.07) is 14.1. The SMILES string of the molecule is O=S1(=O)N=C(/C=C/c2cccc(Cl)c2)c2ccccc2O1. The van der Waals surface area contributed by atoms with Crippen LogP contribution >= 0.6 is 11.6 Å². The van der Waals surface area contributed by atoms with Crippen LogP contribution in [0.5, 0.6) is 5.75 Å². The van der Waals surface area contributed by atoms with Gasteiger partial charge in [0.2, 0.25) is 0 Å². The van der Waals surface area contributed by atoms with E-state index in [1.54, 1.807) is 48.6 Å². The Labute approximate surface area is 127 Å². The maximum absolute atomic E-state index is 11.6. The van der Waals surface area contributed by atoms with E-state index in [9.17, 15) is 8.42 Å². The zero-order chi connectivity index (χ0) is 14.9. The van der Waals surface area contributed by atoms with E-state index in [0.29, 0.717) is 16.3 Å². The Balaban J connectivity index is 2.02. The molecule has 6 heteroatoms. The van der Waals surface area contributed by atoms with Crippen molar-refractivity contribution in [1.82, 2.24) is 0 Å². The van der Waals surface area contributed by atoms with Crippen molar-refractivity contribution in [3.8, 4) is 5.75 Å². The second-order valence-corrected chi connectivity index (χ2v) is 6.01. The Morgan fingerprint density at radius 1 is 1.05 bits per heavy atom. The summed E-state index contributed by atoms with van der Waals surface area (Å²) in [5, 5.41) is 0.610. The highest BCUT2D eigenvalue weighted by Gasteiger charge is 2.22. The predicted octanol–water partition coefficient (Wildman–Crippen LogP) is 3.48. The van der Waals surface area contributed by atoms with Crippen LogP contribution in [0.4, 0.5) is 0 Å². The van der Waals surface area contributed by atoms with Crippen LogP contribution in [-0.4, -0.2) is 14.1 Å². The number of fused-ring (bicyclic) bond motifs is 1. The third-order valence-electron chi connectivity index (χ3n) is 2.85. The van der Waals surface area contributed by atoms with Gasteiger partial charge in [-0.15, -0.1) is 4.40 Å². The molecule has 0 radical (unpaired) electrons. The fourth-order valence-electron chi connectivity index (χ4n) is 1.96. The molecule has 4 nitrogen and oxygen atoms in total. The number of nitrogens with zero attached hydrogens (tertiary/aromatic N) is 1. The lowest BCUT2D eigenvalue weighted by atomic mass is 10.1. The smallest absolute Gasteiger partial charge is 0.365 e.